The highest BCUT2D eigenvalue weighted by molar-refractivity contribution is 5.89. The summed E-state index contributed by atoms with van der Waals surface area (Å²) in [6.45, 7) is 1.82. The van der Waals surface area contributed by atoms with Crippen molar-refractivity contribution in [1.82, 2.24) is 9.97 Å². The molecule has 0 radical (unpaired) electrons. The molecule has 3 rings (SSSR count). The summed E-state index contributed by atoms with van der Waals surface area (Å²) < 4.78 is 0. The van der Waals surface area contributed by atoms with E-state index in [0.29, 0.717) is 17.3 Å². The Morgan fingerprint density at radius 2 is 1.75 bits per heavy atom. The van der Waals surface area contributed by atoms with E-state index >= 15 is 0 Å². The van der Waals surface area contributed by atoms with Crippen LogP contribution in [0.1, 0.15) is 16.2 Å². The molecule has 3 aromatic rings. The van der Waals surface area contributed by atoms with Gasteiger partial charge in [-0.3, -0.25) is 0 Å². The zero-order valence-electron chi connectivity index (χ0n) is 12.9. The first-order valence-electron chi connectivity index (χ1n) is 7.13. The maximum Gasteiger partial charge on any atom is 0.335 e. The minimum Gasteiger partial charge on any atom is -0.478 e. The van der Waals surface area contributed by atoms with E-state index in [1.807, 2.05) is 43.3 Å². The highest BCUT2D eigenvalue weighted by atomic mass is 35.5. The molecule has 6 heteroatoms. The first kappa shape index (κ1) is 17.4. The number of benzene rings is 2. The van der Waals surface area contributed by atoms with Crippen molar-refractivity contribution < 1.29 is 9.90 Å². The second-order valence-electron chi connectivity index (χ2n) is 5.06. The van der Waals surface area contributed by atoms with Gasteiger partial charge in [0.15, 0.2) is 0 Å². The fraction of sp³-hybridized carbons (Fsp3) is 0.0556. The quantitative estimate of drug-likeness (QED) is 0.739. The molecule has 5 nitrogen and oxygen atoms in total. The molecule has 0 amide bonds. The van der Waals surface area contributed by atoms with Gasteiger partial charge in [-0.2, -0.15) is 0 Å². The van der Waals surface area contributed by atoms with Crippen molar-refractivity contribution in [3.63, 3.8) is 0 Å². The standard InChI is InChI=1S/C18H15N3O2.ClH/c1-12-19-16(13-6-3-2-4-7-13)11-17(20-12)21-15-9-5-8-14(10-15)18(22)23;/h2-11H,1H3,(H,22,23)(H,19,20,21);1H. The van der Waals surface area contributed by atoms with Gasteiger partial charge in [0.2, 0.25) is 0 Å². The van der Waals surface area contributed by atoms with Crippen LogP contribution in [0.3, 0.4) is 0 Å². The molecule has 0 spiro atoms. The predicted molar refractivity (Wildman–Crippen MR) is 96.1 cm³/mol. The lowest BCUT2D eigenvalue weighted by molar-refractivity contribution is 0.0697. The van der Waals surface area contributed by atoms with Crippen molar-refractivity contribution >= 4 is 29.9 Å². The second-order valence-corrected chi connectivity index (χ2v) is 5.06. The van der Waals surface area contributed by atoms with Gasteiger partial charge in [0, 0.05) is 17.3 Å². The molecule has 2 aromatic carbocycles. The second kappa shape index (κ2) is 7.57. The smallest absolute Gasteiger partial charge is 0.335 e. The summed E-state index contributed by atoms with van der Waals surface area (Å²) in [5.41, 5.74) is 2.71. The maximum absolute atomic E-state index is 11.0. The lowest BCUT2D eigenvalue weighted by atomic mass is 10.1. The number of rotatable bonds is 4. The molecule has 0 atom stereocenters. The van der Waals surface area contributed by atoms with E-state index in [2.05, 4.69) is 15.3 Å². The first-order chi connectivity index (χ1) is 11.1. The molecule has 0 unspecified atom stereocenters. The lowest BCUT2D eigenvalue weighted by Gasteiger charge is -2.09. The van der Waals surface area contributed by atoms with E-state index in [4.69, 9.17) is 5.11 Å². The molecule has 0 saturated carbocycles. The Morgan fingerprint density at radius 3 is 2.46 bits per heavy atom. The average molecular weight is 342 g/mol. The molecule has 0 aliphatic rings. The van der Waals surface area contributed by atoms with Crippen molar-refractivity contribution in [2.45, 2.75) is 6.92 Å². The van der Waals surface area contributed by atoms with Gasteiger partial charge in [0.05, 0.1) is 11.3 Å². The Morgan fingerprint density at radius 1 is 1.00 bits per heavy atom. The summed E-state index contributed by atoms with van der Waals surface area (Å²) >= 11 is 0. The highest BCUT2D eigenvalue weighted by Crippen LogP contribution is 2.22. The summed E-state index contributed by atoms with van der Waals surface area (Å²) in [7, 11) is 0. The zero-order valence-corrected chi connectivity index (χ0v) is 13.7. The molecule has 0 aliphatic carbocycles. The van der Waals surface area contributed by atoms with Crippen LogP contribution < -0.4 is 5.32 Å². The molecular formula is C18H16ClN3O2. The Kier molecular flexibility index (Phi) is 5.50. The monoisotopic (exact) mass is 341 g/mol. The van der Waals surface area contributed by atoms with Crippen LogP contribution in [0.15, 0.2) is 60.7 Å². The van der Waals surface area contributed by atoms with Crippen molar-refractivity contribution in [2.75, 3.05) is 5.32 Å². The first-order valence-corrected chi connectivity index (χ1v) is 7.13. The highest BCUT2D eigenvalue weighted by Gasteiger charge is 2.07. The lowest BCUT2D eigenvalue weighted by Crippen LogP contribution is -2.01. The van der Waals surface area contributed by atoms with Gasteiger partial charge in [-0.05, 0) is 25.1 Å². The van der Waals surface area contributed by atoms with Crippen molar-refractivity contribution in [3.05, 3.63) is 72.1 Å². The summed E-state index contributed by atoms with van der Waals surface area (Å²) in [6, 6.07) is 18.3. The van der Waals surface area contributed by atoms with E-state index in [1.165, 1.54) is 0 Å². The minimum absolute atomic E-state index is 0. The fourth-order valence-electron chi connectivity index (χ4n) is 2.27. The van der Waals surface area contributed by atoms with Gasteiger partial charge in [-0.25, -0.2) is 14.8 Å². The Labute approximate surface area is 145 Å². The summed E-state index contributed by atoms with van der Waals surface area (Å²) in [4.78, 5) is 19.9. The van der Waals surface area contributed by atoms with Crippen LogP contribution in [0.5, 0.6) is 0 Å². The number of aromatic carboxylic acids is 1. The number of anilines is 2. The van der Waals surface area contributed by atoms with Crippen LogP contribution >= 0.6 is 12.4 Å². The Bertz CT molecular complexity index is 854. The Balaban J connectivity index is 0.00000208. The number of carbonyl (C=O) groups is 1. The number of halogens is 1. The van der Waals surface area contributed by atoms with Crippen molar-refractivity contribution in [3.8, 4) is 11.3 Å². The third-order valence-electron chi connectivity index (χ3n) is 3.29. The minimum atomic E-state index is -0.961. The van der Waals surface area contributed by atoms with E-state index in [0.717, 1.165) is 11.3 Å². The van der Waals surface area contributed by atoms with Gasteiger partial charge < -0.3 is 10.4 Å². The van der Waals surface area contributed by atoms with Gasteiger partial charge in [-0.15, -0.1) is 12.4 Å². The average Bonchev–Trinajstić information content (AvgIpc) is 2.55. The van der Waals surface area contributed by atoms with Gasteiger partial charge in [0.1, 0.15) is 11.6 Å². The van der Waals surface area contributed by atoms with Crippen LogP contribution in [0.4, 0.5) is 11.5 Å². The van der Waals surface area contributed by atoms with Crippen LogP contribution in [0.25, 0.3) is 11.3 Å². The van der Waals surface area contributed by atoms with Gasteiger partial charge in [-0.1, -0.05) is 36.4 Å². The SMILES string of the molecule is Cc1nc(Nc2cccc(C(=O)O)c2)cc(-c2ccccc2)n1.Cl. The number of carboxylic acids is 1. The molecule has 2 N–H and O–H groups in total. The number of hydrogen-bond acceptors (Lipinski definition) is 4. The molecule has 0 bridgehead atoms. The van der Waals surface area contributed by atoms with Gasteiger partial charge in [0.25, 0.3) is 0 Å². The van der Waals surface area contributed by atoms with Gasteiger partial charge >= 0.3 is 5.97 Å². The number of hydrogen-bond donors (Lipinski definition) is 2. The molecule has 122 valence electrons. The number of aromatic nitrogens is 2. The fourth-order valence-corrected chi connectivity index (χ4v) is 2.27. The molecule has 0 saturated heterocycles. The topological polar surface area (TPSA) is 75.1 Å². The predicted octanol–water partition coefficient (Wildman–Crippen LogP) is 4.32. The Hall–Kier alpha value is -2.92. The van der Waals surface area contributed by atoms with E-state index < -0.39 is 5.97 Å². The van der Waals surface area contributed by atoms with Crippen LogP contribution in [0.2, 0.25) is 0 Å². The molecular weight excluding hydrogens is 326 g/mol. The van der Waals surface area contributed by atoms with Crippen LogP contribution in [-0.2, 0) is 0 Å². The largest absolute Gasteiger partial charge is 0.478 e. The summed E-state index contributed by atoms with van der Waals surface area (Å²) in [6.07, 6.45) is 0. The van der Waals surface area contributed by atoms with Crippen LogP contribution in [-0.4, -0.2) is 21.0 Å². The van der Waals surface area contributed by atoms with E-state index in [9.17, 15) is 4.79 Å². The number of nitrogens with one attached hydrogen (secondary N) is 1. The summed E-state index contributed by atoms with van der Waals surface area (Å²) in [5.74, 6) is 0.305. The maximum atomic E-state index is 11.0. The third-order valence-corrected chi connectivity index (χ3v) is 3.29. The number of nitrogens with zero attached hydrogens (tertiary/aromatic N) is 2. The summed E-state index contributed by atoms with van der Waals surface area (Å²) in [5, 5.41) is 12.2. The third kappa shape index (κ3) is 4.08. The molecule has 0 aliphatic heterocycles. The number of aryl methyl sites for hydroxylation is 1. The van der Waals surface area contributed by atoms with Crippen LogP contribution in [0, 0.1) is 6.92 Å². The molecule has 1 heterocycles. The van der Waals surface area contributed by atoms with Crippen molar-refractivity contribution in [1.29, 1.82) is 0 Å². The number of carboxylic acid groups (broad SMARTS) is 1. The van der Waals surface area contributed by atoms with Crippen molar-refractivity contribution in [2.24, 2.45) is 0 Å². The molecule has 0 fully saturated rings. The molecule has 1 aromatic heterocycles. The zero-order chi connectivity index (χ0) is 16.2. The van der Waals surface area contributed by atoms with E-state index in [-0.39, 0.29) is 18.0 Å². The normalized spacial score (nSPS) is 9.88. The molecule has 24 heavy (non-hydrogen) atoms. The van der Waals surface area contributed by atoms with E-state index in [1.54, 1.807) is 24.3 Å².